The quantitative estimate of drug-likeness (QED) is 0.568. The average Bonchev–Trinajstić information content (AvgIpc) is 3.44. The Morgan fingerprint density at radius 1 is 1.09 bits per heavy atom. The van der Waals surface area contributed by atoms with Gasteiger partial charge in [-0.15, -0.1) is 0 Å². The molecule has 170 valence electrons. The lowest BCUT2D eigenvalue weighted by atomic mass is 10.0. The second kappa shape index (κ2) is 9.56. The van der Waals surface area contributed by atoms with Crippen molar-refractivity contribution >= 4 is 23.6 Å². The first-order valence-electron chi connectivity index (χ1n) is 10.4. The SMILES string of the molecule is CCNC(=O)C1C(c2ccc(NC(=O)c3ccco3)cc2)OC(=O)N1Cc1cccc(F)c1. The number of carbonyl (C=O) groups is 3. The van der Waals surface area contributed by atoms with Crippen molar-refractivity contribution in [2.75, 3.05) is 11.9 Å². The lowest BCUT2D eigenvalue weighted by molar-refractivity contribution is -0.126. The minimum atomic E-state index is -0.940. The maximum absolute atomic E-state index is 13.6. The lowest BCUT2D eigenvalue weighted by Gasteiger charge is -2.24. The number of likely N-dealkylation sites (N-methyl/N-ethyl adjacent to an activating group) is 1. The van der Waals surface area contributed by atoms with E-state index in [1.165, 1.54) is 23.3 Å². The van der Waals surface area contributed by atoms with Crippen LogP contribution in [0, 0.1) is 5.82 Å². The summed E-state index contributed by atoms with van der Waals surface area (Å²) in [4.78, 5) is 39.0. The van der Waals surface area contributed by atoms with E-state index in [2.05, 4.69) is 10.6 Å². The van der Waals surface area contributed by atoms with Crippen molar-refractivity contribution in [1.29, 1.82) is 0 Å². The summed E-state index contributed by atoms with van der Waals surface area (Å²) < 4.78 is 24.2. The molecule has 2 N–H and O–H groups in total. The van der Waals surface area contributed by atoms with Gasteiger partial charge < -0.3 is 19.8 Å². The van der Waals surface area contributed by atoms with E-state index >= 15 is 0 Å². The van der Waals surface area contributed by atoms with E-state index in [1.54, 1.807) is 55.5 Å². The van der Waals surface area contributed by atoms with Crippen LogP contribution in [0.25, 0.3) is 0 Å². The highest BCUT2D eigenvalue weighted by molar-refractivity contribution is 6.02. The summed E-state index contributed by atoms with van der Waals surface area (Å²) in [5, 5.41) is 5.44. The zero-order valence-corrected chi connectivity index (χ0v) is 17.8. The Bertz CT molecular complexity index is 1150. The molecule has 9 heteroatoms. The Kier molecular flexibility index (Phi) is 6.39. The molecule has 1 fully saturated rings. The Morgan fingerprint density at radius 2 is 1.88 bits per heavy atom. The third kappa shape index (κ3) is 4.87. The van der Waals surface area contributed by atoms with Gasteiger partial charge in [0.25, 0.3) is 5.91 Å². The Balaban J connectivity index is 1.55. The van der Waals surface area contributed by atoms with Gasteiger partial charge in [0.15, 0.2) is 17.9 Å². The number of hydrogen-bond acceptors (Lipinski definition) is 5. The number of carbonyl (C=O) groups excluding carboxylic acids is 3. The second-order valence-electron chi connectivity index (χ2n) is 7.46. The van der Waals surface area contributed by atoms with Gasteiger partial charge in [0, 0.05) is 12.2 Å². The van der Waals surface area contributed by atoms with Crippen molar-refractivity contribution in [2.45, 2.75) is 25.6 Å². The molecule has 8 nitrogen and oxygen atoms in total. The van der Waals surface area contributed by atoms with Crippen LogP contribution in [0.4, 0.5) is 14.9 Å². The van der Waals surface area contributed by atoms with Crippen LogP contribution in [-0.4, -0.2) is 35.4 Å². The summed E-state index contributed by atoms with van der Waals surface area (Å²) in [6.45, 7) is 2.17. The van der Waals surface area contributed by atoms with E-state index in [4.69, 9.17) is 9.15 Å². The van der Waals surface area contributed by atoms with E-state index in [-0.39, 0.29) is 18.2 Å². The number of amides is 3. The van der Waals surface area contributed by atoms with Crippen LogP contribution in [0.1, 0.15) is 34.7 Å². The number of anilines is 1. The molecule has 3 aromatic rings. The Morgan fingerprint density at radius 3 is 2.55 bits per heavy atom. The molecule has 1 aromatic heterocycles. The van der Waals surface area contributed by atoms with Crippen molar-refractivity contribution in [1.82, 2.24) is 10.2 Å². The number of nitrogens with one attached hydrogen (secondary N) is 2. The summed E-state index contributed by atoms with van der Waals surface area (Å²) >= 11 is 0. The zero-order valence-electron chi connectivity index (χ0n) is 17.8. The summed E-state index contributed by atoms with van der Waals surface area (Å²) in [5.41, 5.74) is 1.63. The number of nitrogens with zero attached hydrogens (tertiary/aromatic N) is 1. The van der Waals surface area contributed by atoms with E-state index in [1.807, 2.05) is 0 Å². The van der Waals surface area contributed by atoms with E-state index in [0.717, 1.165) is 0 Å². The zero-order chi connectivity index (χ0) is 23.4. The number of furan rings is 1. The highest BCUT2D eigenvalue weighted by atomic mass is 19.1. The van der Waals surface area contributed by atoms with Gasteiger partial charge in [-0.3, -0.25) is 14.5 Å². The van der Waals surface area contributed by atoms with Crippen molar-refractivity contribution in [3.8, 4) is 0 Å². The van der Waals surface area contributed by atoms with Crippen LogP contribution in [0.15, 0.2) is 71.3 Å². The molecule has 1 aliphatic rings. The number of benzene rings is 2. The Hall–Kier alpha value is -4.14. The van der Waals surface area contributed by atoms with Crippen LogP contribution in [0.2, 0.25) is 0 Å². The van der Waals surface area contributed by atoms with Gasteiger partial charge in [0.05, 0.1) is 12.8 Å². The first-order valence-corrected chi connectivity index (χ1v) is 10.4. The number of hydrogen-bond donors (Lipinski definition) is 2. The minimum Gasteiger partial charge on any atom is -0.459 e. The number of ether oxygens (including phenoxy) is 1. The smallest absolute Gasteiger partial charge is 0.411 e. The first kappa shape index (κ1) is 22.1. The minimum absolute atomic E-state index is 0.0200. The molecule has 0 saturated carbocycles. The molecule has 0 radical (unpaired) electrons. The predicted molar refractivity (Wildman–Crippen MR) is 117 cm³/mol. The largest absolute Gasteiger partial charge is 0.459 e. The fraction of sp³-hybridized carbons (Fsp3) is 0.208. The molecule has 2 heterocycles. The number of rotatable bonds is 7. The fourth-order valence-electron chi connectivity index (χ4n) is 3.68. The summed E-state index contributed by atoms with van der Waals surface area (Å²) in [5.74, 6) is -1.03. The van der Waals surface area contributed by atoms with Gasteiger partial charge in [-0.2, -0.15) is 0 Å². The van der Waals surface area contributed by atoms with Crippen molar-refractivity contribution in [3.05, 3.63) is 89.6 Å². The first-order chi connectivity index (χ1) is 16.0. The molecular formula is C24H22FN3O5. The molecule has 3 amide bonds. The van der Waals surface area contributed by atoms with Gasteiger partial charge in [-0.05, 0) is 54.4 Å². The molecule has 2 unspecified atom stereocenters. The molecule has 1 saturated heterocycles. The number of cyclic esters (lactones) is 1. The second-order valence-corrected chi connectivity index (χ2v) is 7.46. The van der Waals surface area contributed by atoms with E-state index in [0.29, 0.717) is 23.4 Å². The molecule has 1 aliphatic heterocycles. The molecule has 2 atom stereocenters. The molecule has 2 aromatic carbocycles. The van der Waals surface area contributed by atoms with Gasteiger partial charge in [-0.1, -0.05) is 24.3 Å². The van der Waals surface area contributed by atoms with Gasteiger partial charge >= 0.3 is 6.09 Å². The monoisotopic (exact) mass is 451 g/mol. The Labute approximate surface area is 189 Å². The summed E-state index contributed by atoms with van der Waals surface area (Å²) in [6.07, 6.45) is -0.132. The average molecular weight is 451 g/mol. The maximum Gasteiger partial charge on any atom is 0.411 e. The summed E-state index contributed by atoms with van der Waals surface area (Å²) in [7, 11) is 0. The summed E-state index contributed by atoms with van der Waals surface area (Å²) in [6, 6.07) is 14.7. The maximum atomic E-state index is 13.6. The molecule has 0 aliphatic carbocycles. The van der Waals surface area contributed by atoms with Gasteiger partial charge in [0.2, 0.25) is 5.91 Å². The third-order valence-electron chi connectivity index (χ3n) is 5.19. The predicted octanol–water partition coefficient (Wildman–Crippen LogP) is 3.87. The van der Waals surface area contributed by atoms with E-state index < -0.39 is 30.0 Å². The molecule has 0 bridgehead atoms. The molecule has 33 heavy (non-hydrogen) atoms. The van der Waals surface area contributed by atoms with Crippen LogP contribution in [-0.2, 0) is 16.1 Å². The standard InChI is InChI=1S/C24H22FN3O5/c1-2-26-23(30)20-21(33-24(31)28(20)14-15-5-3-6-17(25)13-15)16-8-10-18(11-9-16)27-22(29)19-7-4-12-32-19/h3-13,20-21H,2,14H2,1H3,(H,26,30)(H,27,29). The third-order valence-corrected chi connectivity index (χ3v) is 5.19. The van der Waals surface area contributed by atoms with Crippen LogP contribution >= 0.6 is 0 Å². The van der Waals surface area contributed by atoms with Crippen molar-refractivity contribution in [2.24, 2.45) is 0 Å². The molecule has 0 spiro atoms. The van der Waals surface area contributed by atoms with Crippen LogP contribution in [0.3, 0.4) is 0 Å². The topological polar surface area (TPSA) is 101 Å². The van der Waals surface area contributed by atoms with Crippen molar-refractivity contribution in [3.63, 3.8) is 0 Å². The van der Waals surface area contributed by atoms with Crippen LogP contribution in [0.5, 0.6) is 0 Å². The van der Waals surface area contributed by atoms with Gasteiger partial charge in [-0.25, -0.2) is 9.18 Å². The fourth-order valence-corrected chi connectivity index (χ4v) is 3.68. The van der Waals surface area contributed by atoms with Gasteiger partial charge in [0.1, 0.15) is 5.82 Å². The van der Waals surface area contributed by atoms with Crippen molar-refractivity contribution < 1.29 is 27.9 Å². The number of halogens is 1. The lowest BCUT2D eigenvalue weighted by Crippen LogP contribution is -2.46. The highest BCUT2D eigenvalue weighted by Crippen LogP contribution is 2.34. The molecular weight excluding hydrogens is 429 g/mol. The van der Waals surface area contributed by atoms with E-state index in [9.17, 15) is 18.8 Å². The normalized spacial score (nSPS) is 17.5. The highest BCUT2D eigenvalue weighted by Gasteiger charge is 2.46. The van der Waals surface area contributed by atoms with Crippen LogP contribution < -0.4 is 10.6 Å². The molecule has 4 rings (SSSR count).